The van der Waals surface area contributed by atoms with Crippen LogP contribution in [0, 0.1) is 34.3 Å². The molecule has 414 valence electrons. The number of carboxylic acid groups (broad SMARTS) is 1. The number of carbonyl (C=O) groups is 4. The topological polar surface area (TPSA) is 207 Å². The number of benzene rings is 2. The van der Waals surface area contributed by atoms with Crippen molar-refractivity contribution >= 4 is 29.8 Å². The third-order valence-corrected chi connectivity index (χ3v) is 14.6. The number of halogens is 8. The summed E-state index contributed by atoms with van der Waals surface area (Å²) in [6.45, 7) is 3.75. The minimum absolute atomic E-state index is 0.154. The number of piperazine rings is 1. The molecule has 0 saturated carbocycles. The summed E-state index contributed by atoms with van der Waals surface area (Å²) in [5.41, 5.74) is -3.25. The molecule has 0 aliphatic carbocycles. The molecule has 4 fully saturated rings. The average molecular weight is 1080 g/mol. The van der Waals surface area contributed by atoms with E-state index in [4.69, 9.17) is 9.47 Å². The average Bonchev–Trinajstić information content (AvgIpc) is 3.54. The molecule has 6 atom stereocenters. The summed E-state index contributed by atoms with van der Waals surface area (Å²) in [5, 5.41) is 27.7. The highest BCUT2D eigenvalue weighted by molar-refractivity contribution is 5.87. The lowest BCUT2D eigenvalue weighted by atomic mass is 9.82. The highest BCUT2D eigenvalue weighted by atomic mass is 19.4. The molecule has 2 unspecified atom stereocenters. The fraction of sp³-hybridized carbons (Fsp3) is 0.549. The molecule has 4 aliphatic rings. The van der Waals surface area contributed by atoms with E-state index < -0.39 is 108 Å². The van der Waals surface area contributed by atoms with Gasteiger partial charge in [0.05, 0.1) is 62.6 Å². The largest absolute Gasteiger partial charge is 0.465 e. The summed E-state index contributed by atoms with van der Waals surface area (Å²) in [6, 6.07) is 6.47. The molecule has 6 N–H and O–H groups in total. The molecule has 7 rings (SSSR count). The van der Waals surface area contributed by atoms with Crippen LogP contribution < -0.4 is 26.3 Å². The number of alkyl carbamates (subject to hydrolysis) is 1. The van der Waals surface area contributed by atoms with Crippen LogP contribution in [0.15, 0.2) is 54.7 Å². The Bertz CT molecular complexity index is 2600. The first-order chi connectivity index (χ1) is 35.7. The van der Waals surface area contributed by atoms with Gasteiger partial charge in [-0.05, 0) is 94.5 Å². The zero-order chi connectivity index (χ0) is 55.5. The lowest BCUT2D eigenvalue weighted by Crippen LogP contribution is -2.63. The van der Waals surface area contributed by atoms with E-state index in [1.807, 2.05) is 22.9 Å². The molecule has 76 heavy (non-hydrogen) atoms. The summed E-state index contributed by atoms with van der Waals surface area (Å²) in [7, 11) is 0.840. The number of anilines is 1. The quantitative estimate of drug-likeness (QED) is 0.0538. The number of hydrogen-bond donors (Lipinski definition) is 6. The van der Waals surface area contributed by atoms with Crippen LogP contribution in [0.25, 0.3) is 0 Å². The Labute approximate surface area is 432 Å². The maximum atomic E-state index is 15.8. The van der Waals surface area contributed by atoms with Crippen LogP contribution in [0.3, 0.4) is 0 Å². The maximum absolute atomic E-state index is 15.8. The Hall–Kier alpha value is -6.33. The van der Waals surface area contributed by atoms with Gasteiger partial charge in [-0.25, -0.2) is 28.4 Å². The number of methoxy groups -OCH3 is 1. The van der Waals surface area contributed by atoms with Gasteiger partial charge in [0, 0.05) is 67.1 Å². The van der Waals surface area contributed by atoms with Crippen LogP contribution in [-0.4, -0.2) is 157 Å². The molecule has 0 spiro atoms. The van der Waals surface area contributed by atoms with E-state index >= 15 is 8.78 Å². The Morgan fingerprint density at radius 1 is 0.789 bits per heavy atom. The highest BCUT2D eigenvalue weighted by Gasteiger charge is 2.57. The lowest BCUT2D eigenvalue weighted by Gasteiger charge is -2.47. The fourth-order valence-corrected chi connectivity index (χ4v) is 9.56. The monoisotopic (exact) mass is 1080 g/mol. The zero-order valence-electron chi connectivity index (χ0n) is 42.2. The molecular weight excluding hydrogens is 1020 g/mol. The van der Waals surface area contributed by atoms with E-state index in [2.05, 4.69) is 36.7 Å². The van der Waals surface area contributed by atoms with E-state index in [9.17, 15) is 55.7 Å². The van der Waals surface area contributed by atoms with Crippen LogP contribution >= 0.6 is 0 Å². The van der Waals surface area contributed by atoms with Crippen LogP contribution in [0.4, 0.5) is 50.5 Å². The van der Waals surface area contributed by atoms with Crippen molar-refractivity contribution in [3.05, 3.63) is 94.2 Å². The number of rotatable bonds is 18. The third kappa shape index (κ3) is 13.1. The fourth-order valence-electron chi connectivity index (χ4n) is 9.56. The van der Waals surface area contributed by atoms with Gasteiger partial charge in [0.2, 0.25) is 5.91 Å². The smallest absolute Gasteiger partial charge is 0.407 e. The minimum Gasteiger partial charge on any atom is -0.465 e. The Kier molecular flexibility index (Phi) is 17.4. The normalized spacial score (nSPS) is 20.0. The first kappa shape index (κ1) is 57.4. The van der Waals surface area contributed by atoms with E-state index in [1.54, 1.807) is 18.3 Å². The highest BCUT2D eigenvalue weighted by Crippen LogP contribution is 2.42. The number of nitrogens with one attached hydrogen (secondary N) is 4. The second-order valence-electron chi connectivity index (χ2n) is 20.6. The summed E-state index contributed by atoms with van der Waals surface area (Å²) in [4.78, 5) is 61.5. The molecule has 25 heteroatoms. The van der Waals surface area contributed by atoms with Crippen molar-refractivity contribution in [3.63, 3.8) is 0 Å². The second-order valence-corrected chi connectivity index (χ2v) is 20.6. The molecule has 4 saturated heterocycles. The number of alkyl halides is 6. The number of carbonyl (C=O) groups excluding carboxylic acids is 3. The van der Waals surface area contributed by atoms with E-state index in [0.717, 1.165) is 64.2 Å². The van der Waals surface area contributed by atoms with Crippen molar-refractivity contribution in [1.82, 2.24) is 36.3 Å². The van der Waals surface area contributed by atoms with Crippen molar-refractivity contribution in [2.75, 3.05) is 58.1 Å². The lowest BCUT2D eigenvalue weighted by molar-refractivity contribution is -0.221. The van der Waals surface area contributed by atoms with Gasteiger partial charge >= 0.3 is 24.5 Å². The van der Waals surface area contributed by atoms with E-state index in [1.165, 1.54) is 17.4 Å². The van der Waals surface area contributed by atoms with Crippen molar-refractivity contribution in [3.8, 4) is 11.8 Å². The number of hydrazine groups is 1. The molecule has 5 heterocycles. The van der Waals surface area contributed by atoms with E-state index in [0.29, 0.717) is 67.5 Å². The number of aromatic nitrogens is 1. The van der Waals surface area contributed by atoms with Gasteiger partial charge in [-0.3, -0.25) is 19.9 Å². The predicted octanol–water partition coefficient (Wildman–Crippen LogP) is 5.38. The number of fused-ring (bicyclic) bond motifs is 2. The molecule has 2 aromatic carbocycles. The molecule has 2 bridgehead atoms. The molecular formula is C51H60F8N8O9. The van der Waals surface area contributed by atoms with Gasteiger partial charge in [-0.2, -0.15) is 26.3 Å². The van der Waals surface area contributed by atoms with Gasteiger partial charge in [-0.1, -0.05) is 24.0 Å². The van der Waals surface area contributed by atoms with Crippen LogP contribution in [0.1, 0.15) is 74.3 Å². The van der Waals surface area contributed by atoms with Gasteiger partial charge in [0.25, 0.3) is 5.91 Å². The molecule has 4 amide bonds. The van der Waals surface area contributed by atoms with Gasteiger partial charge in [0.1, 0.15) is 29.5 Å². The number of aliphatic hydroxyl groups is 1. The molecule has 4 aliphatic heterocycles. The predicted molar refractivity (Wildman–Crippen MR) is 256 cm³/mol. The van der Waals surface area contributed by atoms with Gasteiger partial charge in [0.15, 0.2) is 0 Å². The summed E-state index contributed by atoms with van der Waals surface area (Å²) >= 11 is 0. The molecule has 1 aromatic heterocycles. The molecule has 3 aromatic rings. The maximum Gasteiger partial charge on any atom is 0.407 e. The van der Waals surface area contributed by atoms with Gasteiger partial charge in [-0.15, -0.1) is 0 Å². The second kappa shape index (κ2) is 23.1. The number of ether oxygens (including phenoxy) is 3. The summed E-state index contributed by atoms with van der Waals surface area (Å²) in [6.07, 6.45) is -12.5. The zero-order valence-corrected chi connectivity index (χ0v) is 42.2. The summed E-state index contributed by atoms with van der Waals surface area (Å²) in [5.74, 6) is 0.971. The number of amides is 4. The molecule has 0 radical (unpaired) electrons. The SMILES string of the molecule is COC(=O)N[C@H](C(=O)N[C@@H](Cc1ccc(C#Cc2ccc(N3CC4CCC(C3)N4C3COC3)nc2)cc1)[C@@H](O)CN(Cc1c(F)cc(C2COC2)cc1F)NC(=O)[C@@H](NC(=O)O)C(C)(C)C(F)(F)F)C(C)(C)C(F)(F)F. The van der Waals surface area contributed by atoms with Crippen LogP contribution in [-0.2, 0) is 36.8 Å². The minimum atomic E-state index is -5.22. The first-order valence-corrected chi connectivity index (χ1v) is 24.4. The van der Waals surface area contributed by atoms with Crippen LogP contribution in [0.2, 0.25) is 0 Å². The van der Waals surface area contributed by atoms with Crippen LogP contribution in [0.5, 0.6) is 0 Å². The number of hydrogen-bond acceptors (Lipinski definition) is 12. The number of nitrogens with zero attached hydrogens (tertiary/aromatic N) is 4. The van der Waals surface area contributed by atoms with Crippen molar-refractivity contribution < 1.29 is 78.7 Å². The van der Waals surface area contributed by atoms with Crippen molar-refractivity contribution in [2.24, 2.45) is 10.8 Å². The summed E-state index contributed by atoms with van der Waals surface area (Å²) < 4.78 is 133. The van der Waals surface area contributed by atoms with Crippen molar-refractivity contribution in [1.29, 1.82) is 0 Å². The van der Waals surface area contributed by atoms with Gasteiger partial charge < -0.3 is 45.3 Å². The van der Waals surface area contributed by atoms with E-state index in [-0.39, 0.29) is 24.7 Å². The Morgan fingerprint density at radius 2 is 1.34 bits per heavy atom. The number of pyridine rings is 1. The Morgan fingerprint density at radius 3 is 1.83 bits per heavy atom. The molecule has 17 nitrogen and oxygen atoms in total. The standard InChI is InChI=1S/C51H60F8N8O9/c1-48(2,50(54,55)56)42(63-47(73)74-5)44(69)61-39(16-29-9-6-28(7-10-29)8-11-30-12-15-41(60-19-30)65-20-33-13-14-34(21-65)67(33)35-26-76-27-35)40(68)23-66(22-36-37(52)17-31(18-38(36)53)32-24-75-25-32)64-45(70)43(62-46(71)72)49(3,4)51(57,58)59/h6-7,9-10,12,15,17-19,32-35,39-40,42-43,62,68H,13-14,16,20-27H2,1-5H3,(H,61,69)(H,63,73)(H,64,70)(H,71,72)/t33?,34?,39-,40-,42+,43+/m0/s1. The third-order valence-electron chi connectivity index (χ3n) is 14.6. The number of aliphatic hydroxyl groups excluding tert-OH is 1. The van der Waals surface area contributed by atoms with Crippen molar-refractivity contribution in [2.45, 2.75) is 114 Å². The first-order valence-electron chi connectivity index (χ1n) is 24.4. The Balaban J connectivity index is 1.15.